The van der Waals surface area contributed by atoms with Gasteiger partial charge < -0.3 is 11.5 Å². The zero-order valence-corrected chi connectivity index (χ0v) is 7.65. The molecular weight excluding hydrogens is 164 g/mol. The third-order valence-electron chi connectivity index (χ3n) is 1.18. The number of hydrogen-bond donors (Lipinski definition) is 2. The van der Waals surface area contributed by atoms with E-state index in [4.69, 9.17) is 11.5 Å². The first-order valence-electron chi connectivity index (χ1n) is 3.26. The van der Waals surface area contributed by atoms with Gasteiger partial charge in [-0.3, -0.25) is 4.79 Å². The second-order valence-corrected chi connectivity index (χ2v) is 2.46. The number of halogens is 1. The summed E-state index contributed by atoms with van der Waals surface area (Å²) in [4.78, 5) is 10.4. The van der Waals surface area contributed by atoms with Crippen molar-refractivity contribution in [2.45, 2.75) is 26.3 Å². The monoisotopic (exact) mass is 178 g/mol. The van der Waals surface area contributed by atoms with Crippen LogP contribution in [0.15, 0.2) is 11.6 Å². The second-order valence-electron chi connectivity index (χ2n) is 2.46. The standard InChI is InChI=1S/C7H14N2O.ClH/c1-5(7(9)10)3-4-6(2)8;/h3,6H,4,8H2,1-2H3,(H2,9,10);1H. The Labute approximate surface area is 73.2 Å². The van der Waals surface area contributed by atoms with Crippen molar-refractivity contribution < 1.29 is 4.79 Å². The Morgan fingerprint density at radius 2 is 2.09 bits per heavy atom. The molecule has 0 spiro atoms. The molecule has 0 saturated carbocycles. The normalized spacial score (nSPS) is 13.5. The molecule has 0 aromatic heterocycles. The van der Waals surface area contributed by atoms with Crippen molar-refractivity contribution in [1.29, 1.82) is 0 Å². The van der Waals surface area contributed by atoms with Crippen molar-refractivity contribution in [2.24, 2.45) is 11.5 Å². The van der Waals surface area contributed by atoms with E-state index in [1.165, 1.54) is 0 Å². The fraction of sp³-hybridized carbons (Fsp3) is 0.571. The molecule has 0 bridgehead atoms. The molecule has 0 heterocycles. The highest BCUT2D eigenvalue weighted by Crippen LogP contribution is 1.95. The molecule has 0 aliphatic rings. The van der Waals surface area contributed by atoms with Gasteiger partial charge in [0.1, 0.15) is 0 Å². The van der Waals surface area contributed by atoms with Crippen LogP contribution in [0.2, 0.25) is 0 Å². The quantitative estimate of drug-likeness (QED) is 0.621. The van der Waals surface area contributed by atoms with Crippen molar-refractivity contribution in [3.63, 3.8) is 0 Å². The first kappa shape index (κ1) is 13.1. The highest BCUT2D eigenvalue weighted by molar-refractivity contribution is 5.91. The minimum atomic E-state index is -0.374. The van der Waals surface area contributed by atoms with Crippen LogP contribution in [0, 0.1) is 0 Å². The molecule has 4 heteroatoms. The van der Waals surface area contributed by atoms with Crippen LogP contribution in [-0.2, 0) is 4.79 Å². The summed E-state index contributed by atoms with van der Waals surface area (Å²) in [7, 11) is 0. The van der Waals surface area contributed by atoms with Crippen molar-refractivity contribution >= 4 is 18.3 Å². The Bertz CT molecular complexity index is 155. The van der Waals surface area contributed by atoms with Crippen molar-refractivity contribution in [1.82, 2.24) is 0 Å². The summed E-state index contributed by atoms with van der Waals surface area (Å²) >= 11 is 0. The lowest BCUT2D eigenvalue weighted by atomic mass is 10.2. The van der Waals surface area contributed by atoms with Gasteiger partial charge in [-0.2, -0.15) is 0 Å². The fourth-order valence-electron chi connectivity index (χ4n) is 0.463. The molecule has 1 atom stereocenters. The molecule has 0 fully saturated rings. The van der Waals surface area contributed by atoms with Gasteiger partial charge in [0, 0.05) is 11.6 Å². The number of rotatable bonds is 3. The van der Waals surface area contributed by atoms with E-state index in [9.17, 15) is 4.79 Å². The third-order valence-corrected chi connectivity index (χ3v) is 1.18. The Morgan fingerprint density at radius 3 is 2.36 bits per heavy atom. The summed E-state index contributed by atoms with van der Waals surface area (Å²) in [6.07, 6.45) is 2.46. The molecule has 4 N–H and O–H groups in total. The van der Waals surface area contributed by atoms with E-state index < -0.39 is 0 Å². The summed E-state index contributed by atoms with van der Waals surface area (Å²) in [6, 6.07) is 0.0919. The zero-order valence-electron chi connectivity index (χ0n) is 6.83. The van der Waals surface area contributed by atoms with E-state index in [2.05, 4.69) is 0 Å². The van der Waals surface area contributed by atoms with Gasteiger partial charge in [0.15, 0.2) is 0 Å². The molecule has 0 aromatic carbocycles. The van der Waals surface area contributed by atoms with Gasteiger partial charge in [-0.1, -0.05) is 6.08 Å². The van der Waals surface area contributed by atoms with Gasteiger partial charge in [-0.05, 0) is 20.3 Å². The third kappa shape index (κ3) is 7.36. The molecule has 66 valence electrons. The average Bonchev–Trinajstić information content (AvgIpc) is 1.82. The van der Waals surface area contributed by atoms with Crippen LogP contribution in [0.3, 0.4) is 0 Å². The van der Waals surface area contributed by atoms with E-state index in [1.54, 1.807) is 13.0 Å². The number of amides is 1. The molecule has 0 aliphatic carbocycles. The first-order chi connectivity index (χ1) is 4.54. The van der Waals surface area contributed by atoms with Gasteiger partial charge >= 0.3 is 0 Å². The maximum absolute atomic E-state index is 10.4. The number of primary amides is 1. The topological polar surface area (TPSA) is 69.1 Å². The summed E-state index contributed by atoms with van der Waals surface area (Å²) in [5.74, 6) is -0.374. The Kier molecular flexibility index (Phi) is 7.36. The number of carbonyl (C=O) groups excluding carboxylic acids is 1. The van der Waals surface area contributed by atoms with E-state index in [-0.39, 0.29) is 24.4 Å². The molecule has 0 rings (SSSR count). The lowest BCUT2D eigenvalue weighted by molar-refractivity contribution is -0.114. The summed E-state index contributed by atoms with van der Waals surface area (Å²) in [5, 5.41) is 0. The van der Waals surface area contributed by atoms with Crippen LogP contribution in [0.1, 0.15) is 20.3 Å². The summed E-state index contributed by atoms with van der Waals surface area (Å²) in [6.45, 7) is 3.56. The molecule has 11 heavy (non-hydrogen) atoms. The Hall–Kier alpha value is -0.540. The van der Waals surface area contributed by atoms with Gasteiger partial charge in [0.05, 0.1) is 0 Å². The van der Waals surface area contributed by atoms with E-state index in [1.807, 2.05) is 6.92 Å². The van der Waals surface area contributed by atoms with Gasteiger partial charge in [-0.15, -0.1) is 12.4 Å². The van der Waals surface area contributed by atoms with E-state index in [0.717, 1.165) is 0 Å². The first-order valence-corrected chi connectivity index (χ1v) is 3.26. The fourth-order valence-corrected chi connectivity index (χ4v) is 0.463. The minimum absolute atomic E-state index is 0. The maximum Gasteiger partial charge on any atom is 0.244 e. The van der Waals surface area contributed by atoms with Crippen LogP contribution in [0.25, 0.3) is 0 Å². The smallest absolute Gasteiger partial charge is 0.244 e. The van der Waals surface area contributed by atoms with Crippen LogP contribution in [-0.4, -0.2) is 11.9 Å². The van der Waals surface area contributed by atoms with Crippen LogP contribution in [0.5, 0.6) is 0 Å². The lowest BCUT2D eigenvalue weighted by Gasteiger charge is -1.98. The second kappa shape index (κ2) is 6.19. The Morgan fingerprint density at radius 1 is 1.64 bits per heavy atom. The summed E-state index contributed by atoms with van der Waals surface area (Å²) < 4.78 is 0. The highest BCUT2D eigenvalue weighted by Gasteiger charge is 1.96. The molecule has 0 aliphatic heterocycles. The number of nitrogens with two attached hydrogens (primary N) is 2. The molecule has 1 unspecified atom stereocenters. The number of carbonyl (C=O) groups is 1. The van der Waals surface area contributed by atoms with Crippen LogP contribution in [0.4, 0.5) is 0 Å². The molecular formula is C7H15ClN2O. The van der Waals surface area contributed by atoms with Gasteiger partial charge in [-0.25, -0.2) is 0 Å². The van der Waals surface area contributed by atoms with E-state index >= 15 is 0 Å². The average molecular weight is 179 g/mol. The van der Waals surface area contributed by atoms with Gasteiger partial charge in [0.2, 0.25) is 5.91 Å². The summed E-state index contributed by atoms with van der Waals surface area (Å²) in [5.41, 5.74) is 11.0. The predicted molar refractivity (Wildman–Crippen MR) is 48.5 cm³/mol. The SMILES string of the molecule is CC(=CCC(C)N)C(N)=O.Cl. The molecule has 0 aromatic rings. The maximum atomic E-state index is 10.4. The van der Waals surface area contributed by atoms with Crippen molar-refractivity contribution in [3.8, 4) is 0 Å². The highest BCUT2D eigenvalue weighted by atomic mass is 35.5. The van der Waals surface area contributed by atoms with Crippen molar-refractivity contribution in [2.75, 3.05) is 0 Å². The molecule has 0 saturated heterocycles. The molecule has 0 radical (unpaired) electrons. The largest absolute Gasteiger partial charge is 0.366 e. The van der Waals surface area contributed by atoms with Crippen LogP contribution < -0.4 is 11.5 Å². The Balaban J connectivity index is 0. The van der Waals surface area contributed by atoms with Gasteiger partial charge in [0.25, 0.3) is 0 Å². The number of hydrogen-bond acceptors (Lipinski definition) is 2. The van der Waals surface area contributed by atoms with Crippen LogP contribution >= 0.6 is 12.4 Å². The van der Waals surface area contributed by atoms with E-state index in [0.29, 0.717) is 12.0 Å². The predicted octanol–water partition coefficient (Wildman–Crippen LogP) is 0.577. The molecule has 1 amide bonds. The van der Waals surface area contributed by atoms with Crippen molar-refractivity contribution in [3.05, 3.63) is 11.6 Å². The minimum Gasteiger partial charge on any atom is -0.366 e. The zero-order chi connectivity index (χ0) is 8.15. The lowest BCUT2D eigenvalue weighted by Crippen LogP contribution is -2.15. The molecule has 3 nitrogen and oxygen atoms in total.